The molecule has 5 nitrogen and oxygen atoms in total. The molecule has 0 spiro atoms. The van der Waals surface area contributed by atoms with Gasteiger partial charge in [-0.1, -0.05) is 53.5 Å². The van der Waals surface area contributed by atoms with Gasteiger partial charge in [-0.25, -0.2) is 4.98 Å². The maximum Gasteiger partial charge on any atom is 0.262 e. The second kappa shape index (κ2) is 7.75. The summed E-state index contributed by atoms with van der Waals surface area (Å²) in [5.41, 5.74) is 1.27. The number of thiophene rings is 1. The first-order chi connectivity index (χ1) is 13.5. The van der Waals surface area contributed by atoms with Crippen molar-refractivity contribution < 1.29 is 4.79 Å². The van der Waals surface area contributed by atoms with Gasteiger partial charge in [0.2, 0.25) is 5.91 Å². The number of aromatic nitrogens is 2. The molecule has 4 rings (SSSR count). The Hall–Kier alpha value is -2.67. The van der Waals surface area contributed by atoms with E-state index in [9.17, 15) is 9.59 Å². The zero-order chi connectivity index (χ0) is 19.7. The van der Waals surface area contributed by atoms with Crippen LogP contribution in [0.15, 0.2) is 65.7 Å². The van der Waals surface area contributed by atoms with Crippen molar-refractivity contribution in [2.75, 3.05) is 5.32 Å². The topological polar surface area (TPSA) is 64.0 Å². The highest BCUT2D eigenvalue weighted by atomic mass is 35.5. The number of nitrogens with zero attached hydrogens (tertiary/aromatic N) is 2. The van der Waals surface area contributed by atoms with E-state index in [1.807, 2.05) is 36.4 Å². The van der Waals surface area contributed by atoms with E-state index in [4.69, 9.17) is 23.2 Å². The Morgan fingerprint density at radius 3 is 2.61 bits per heavy atom. The second-order valence-electron chi connectivity index (χ2n) is 6.05. The minimum Gasteiger partial charge on any atom is -0.324 e. The van der Waals surface area contributed by atoms with E-state index in [-0.39, 0.29) is 18.0 Å². The van der Waals surface area contributed by atoms with Crippen molar-refractivity contribution in [2.24, 2.45) is 0 Å². The molecule has 1 N–H and O–H groups in total. The van der Waals surface area contributed by atoms with E-state index in [2.05, 4.69) is 10.3 Å². The third kappa shape index (κ3) is 3.80. The van der Waals surface area contributed by atoms with Crippen LogP contribution < -0.4 is 10.9 Å². The van der Waals surface area contributed by atoms with Gasteiger partial charge in [0.05, 0.1) is 21.8 Å². The van der Waals surface area contributed by atoms with Crippen LogP contribution in [0.2, 0.25) is 10.0 Å². The largest absolute Gasteiger partial charge is 0.324 e. The maximum atomic E-state index is 12.8. The Bertz CT molecular complexity index is 1240. The number of hydrogen-bond donors (Lipinski definition) is 1. The van der Waals surface area contributed by atoms with Crippen LogP contribution >= 0.6 is 34.5 Å². The monoisotopic (exact) mass is 429 g/mol. The molecule has 2 aromatic heterocycles. The van der Waals surface area contributed by atoms with Gasteiger partial charge in [-0.3, -0.25) is 14.2 Å². The van der Waals surface area contributed by atoms with Crippen LogP contribution in [0.25, 0.3) is 20.7 Å². The molecule has 0 aliphatic heterocycles. The summed E-state index contributed by atoms with van der Waals surface area (Å²) >= 11 is 13.3. The quantitative estimate of drug-likeness (QED) is 0.492. The lowest BCUT2D eigenvalue weighted by Gasteiger charge is -2.08. The first-order valence-corrected chi connectivity index (χ1v) is 9.88. The summed E-state index contributed by atoms with van der Waals surface area (Å²) in [6, 6.07) is 16.4. The lowest BCUT2D eigenvalue weighted by molar-refractivity contribution is -0.116. The van der Waals surface area contributed by atoms with Crippen molar-refractivity contribution in [1.82, 2.24) is 9.55 Å². The predicted octanol–water partition coefficient (Wildman–Crippen LogP) is 5.07. The molecule has 0 fully saturated rings. The molecule has 2 heterocycles. The van der Waals surface area contributed by atoms with Crippen molar-refractivity contribution in [1.29, 1.82) is 0 Å². The number of amides is 1. The van der Waals surface area contributed by atoms with Crippen molar-refractivity contribution in [3.8, 4) is 10.4 Å². The molecule has 4 aromatic rings. The average molecular weight is 430 g/mol. The van der Waals surface area contributed by atoms with Crippen molar-refractivity contribution in [3.05, 3.63) is 81.3 Å². The second-order valence-corrected chi connectivity index (χ2v) is 7.90. The highest BCUT2D eigenvalue weighted by molar-refractivity contribution is 7.21. The Kier molecular flexibility index (Phi) is 5.17. The summed E-state index contributed by atoms with van der Waals surface area (Å²) in [5.74, 6) is -0.361. The van der Waals surface area contributed by atoms with E-state index in [1.165, 1.54) is 22.2 Å². The van der Waals surface area contributed by atoms with Crippen LogP contribution in [0, 0.1) is 0 Å². The Morgan fingerprint density at radius 2 is 1.86 bits per heavy atom. The van der Waals surface area contributed by atoms with Gasteiger partial charge in [0.25, 0.3) is 5.56 Å². The zero-order valence-electron chi connectivity index (χ0n) is 14.4. The minimum atomic E-state index is -0.361. The Balaban J connectivity index is 1.58. The van der Waals surface area contributed by atoms with E-state index in [1.54, 1.807) is 18.2 Å². The average Bonchev–Trinajstić information content (AvgIpc) is 3.13. The molecule has 0 unspecified atom stereocenters. The lowest BCUT2D eigenvalue weighted by atomic mass is 10.2. The van der Waals surface area contributed by atoms with Crippen LogP contribution in [0.1, 0.15) is 0 Å². The van der Waals surface area contributed by atoms with Gasteiger partial charge in [0.15, 0.2) is 0 Å². The van der Waals surface area contributed by atoms with Gasteiger partial charge in [-0.15, -0.1) is 11.3 Å². The smallest absolute Gasteiger partial charge is 0.262 e. The first-order valence-electron chi connectivity index (χ1n) is 8.30. The summed E-state index contributed by atoms with van der Waals surface area (Å²) in [7, 11) is 0. The summed E-state index contributed by atoms with van der Waals surface area (Å²) in [5, 5.41) is 3.93. The molecule has 0 aliphatic carbocycles. The highest BCUT2D eigenvalue weighted by Gasteiger charge is 2.12. The molecule has 28 heavy (non-hydrogen) atoms. The molecule has 8 heteroatoms. The molecule has 2 aromatic carbocycles. The Labute approximate surface area is 174 Å². The van der Waals surface area contributed by atoms with E-state index >= 15 is 0 Å². The first kappa shape index (κ1) is 18.7. The number of benzene rings is 2. The number of rotatable bonds is 4. The standard InChI is InChI=1S/C20H13Cl2N3O2S/c21-15-7-6-13(8-16(15)22)24-18(26)10-25-11-23-19-14(20(25)27)9-17(28-19)12-4-2-1-3-5-12/h1-9,11H,10H2,(H,24,26). The molecule has 0 saturated carbocycles. The fourth-order valence-corrected chi connectivity index (χ4v) is 4.04. The summed E-state index contributed by atoms with van der Waals surface area (Å²) < 4.78 is 1.29. The van der Waals surface area contributed by atoms with E-state index in [0.29, 0.717) is 25.9 Å². The Morgan fingerprint density at radius 1 is 1.07 bits per heavy atom. The van der Waals surface area contributed by atoms with Crippen molar-refractivity contribution in [2.45, 2.75) is 6.54 Å². The van der Waals surface area contributed by atoms with Crippen LogP contribution in [0.4, 0.5) is 5.69 Å². The summed E-state index contributed by atoms with van der Waals surface area (Å²) in [4.78, 5) is 31.0. The zero-order valence-corrected chi connectivity index (χ0v) is 16.7. The molecule has 0 bridgehead atoms. The van der Waals surface area contributed by atoms with Crippen LogP contribution in [-0.4, -0.2) is 15.5 Å². The number of carbonyl (C=O) groups is 1. The number of carbonyl (C=O) groups excluding carboxylic acids is 1. The van der Waals surface area contributed by atoms with Crippen molar-refractivity contribution in [3.63, 3.8) is 0 Å². The van der Waals surface area contributed by atoms with Gasteiger partial charge in [-0.2, -0.15) is 0 Å². The lowest BCUT2D eigenvalue weighted by Crippen LogP contribution is -2.27. The number of fused-ring (bicyclic) bond motifs is 1. The van der Waals surface area contributed by atoms with Gasteiger partial charge in [0, 0.05) is 10.6 Å². The number of anilines is 1. The van der Waals surface area contributed by atoms with E-state index in [0.717, 1.165) is 10.4 Å². The fraction of sp³-hybridized carbons (Fsp3) is 0.0500. The number of hydrogen-bond acceptors (Lipinski definition) is 4. The SMILES string of the molecule is O=C(Cn1cnc2sc(-c3ccccc3)cc2c1=O)Nc1ccc(Cl)c(Cl)c1. The molecular weight excluding hydrogens is 417 g/mol. The van der Waals surface area contributed by atoms with E-state index < -0.39 is 0 Å². The molecule has 0 aliphatic rings. The molecule has 140 valence electrons. The van der Waals surface area contributed by atoms with Gasteiger partial charge in [-0.05, 0) is 29.8 Å². The maximum absolute atomic E-state index is 12.8. The molecule has 0 atom stereocenters. The summed E-state index contributed by atoms with van der Waals surface area (Å²) in [6.07, 6.45) is 1.39. The van der Waals surface area contributed by atoms with Crippen molar-refractivity contribution >= 4 is 56.3 Å². The van der Waals surface area contributed by atoms with Gasteiger partial charge < -0.3 is 5.32 Å². The van der Waals surface area contributed by atoms with Gasteiger partial charge >= 0.3 is 0 Å². The number of halogens is 2. The third-order valence-electron chi connectivity index (χ3n) is 4.09. The fourth-order valence-electron chi connectivity index (χ4n) is 2.75. The summed E-state index contributed by atoms with van der Waals surface area (Å²) in [6.45, 7) is -0.154. The number of nitrogens with one attached hydrogen (secondary N) is 1. The molecule has 0 radical (unpaired) electrons. The van der Waals surface area contributed by atoms with Crippen LogP contribution in [-0.2, 0) is 11.3 Å². The van der Waals surface area contributed by atoms with Gasteiger partial charge in [0.1, 0.15) is 11.4 Å². The normalized spacial score (nSPS) is 10.9. The molecule has 1 amide bonds. The molecule has 0 saturated heterocycles. The van der Waals surface area contributed by atoms with Crippen LogP contribution in [0.3, 0.4) is 0 Å². The molecular formula is C20H13Cl2N3O2S. The predicted molar refractivity (Wildman–Crippen MR) is 114 cm³/mol. The minimum absolute atomic E-state index is 0.154. The van der Waals surface area contributed by atoms with Crippen LogP contribution in [0.5, 0.6) is 0 Å². The third-order valence-corrected chi connectivity index (χ3v) is 5.92. The highest BCUT2D eigenvalue weighted by Crippen LogP contribution is 2.30.